The molecule has 0 saturated carbocycles. The molecule has 0 aliphatic carbocycles. The molecule has 30 heavy (non-hydrogen) atoms. The van der Waals surface area contributed by atoms with Crippen LogP contribution in [0, 0.1) is 0 Å². The van der Waals surface area contributed by atoms with Crippen molar-refractivity contribution < 1.29 is 27.6 Å². The summed E-state index contributed by atoms with van der Waals surface area (Å²) in [5.74, 6) is 0.247. The standard InChI is InChI=1S/C19H25BrN4O5S/c1-4-28-19(25)18-17(20)16(21-22(18)2)13-29-15-7-5-14(6-8-15)23-9-11-24(12-10-23)30(3,26)27/h5-8H,4,9-13H2,1-3H3/p+1. The number of esters is 1. The van der Waals surface area contributed by atoms with Gasteiger partial charge in [0.1, 0.15) is 23.7 Å². The summed E-state index contributed by atoms with van der Waals surface area (Å²) >= 11 is 3.41. The lowest BCUT2D eigenvalue weighted by Crippen LogP contribution is -3.10. The Morgan fingerprint density at radius 1 is 1.23 bits per heavy atom. The Hall–Kier alpha value is -1.95. The first-order valence-electron chi connectivity index (χ1n) is 9.62. The van der Waals surface area contributed by atoms with Crippen LogP contribution >= 0.6 is 15.9 Å². The van der Waals surface area contributed by atoms with E-state index in [1.165, 1.54) is 20.1 Å². The summed E-state index contributed by atoms with van der Waals surface area (Å²) in [7, 11) is -1.44. The molecular weight excluding hydrogens is 476 g/mol. The van der Waals surface area contributed by atoms with Gasteiger partial charge in [-0.1, -0.05) is 0 Å². The van der Waals surface area contributed by atoms with Crippen molar-refractivity contribution in [1.82, 2.24) is 14.1 Å². The maximum absolute atomic E-state index is 12.0. The van der Waals surface area contributed by atoms with Crippen LogP contribution in [-0.4, -0.2) is 67.5 Å². The fourth-order valence-electron chi connectivity index (χ4n) is 3.38. The molecule has 0 atom stereocenters. The van der Waals surface area contributed by atoms with Crippen LogP contribution in [0.2, 0.25) is 0 Å². The average molecular weight is 502 g/mol. The first kappa shape index (κ1) is 22.7. The first-order valence-corrected chi connectivity index (χ1v) is 12.3. The molecular formula is C19H26BrN4O5S+. The number of piperazine rings is 1. The maximum atomic E-state index is 12.0. The third-order valence-electron chi connectivity index (χ3n) is 4.96. The van der Waals surface area contributed by atoms with Crippen LogP contribution in [0.15, 0.2) is 28.7 Å². The van der Waals surface area contributed by atoms with Crippen LogP contribution in [0.1, 0.15) is 23.1 Å². The van der Waals surface area contributed by atoms with Gasteiger partial charge in [-0.15, -0.1) is 0 Å². The fraction of sp³-hybridized carbons (Fsp3) is 0.474. The summed E-state index contributed by atoms with van der Waals surface area (Å²) < 4.78 is 37.7. The largest absolute Gasteiger partial charge is 0.487 e. The van der Waals surface area contributed by atoms with Gasteiger partial charge in [0.2, 0.25) is 10.0 Å². The quantitative estimate of drug-likeness (QED) is 0.562. The molecule has 0 unspecified atom stereocenters. The van der Waals surface area contributed by atoms with Gasteiger partial charge in [0.15, 0.2) is 5.69 Å². The fourth-order valence-corrected chi connectivity index (χ4v) is 4.84. The number of nitrogens with one attached hydrogen (secondary N) is 1. The SMILES string of the molecule is CCOC(=O)c1c(Br)c(COc2ccc([NH+]3CCN(S(C)(=O)=O)CC3)cc2)nn1C. The topological polar surface area (TPSA) is 95.2 Å². The van der Waals surface area contributed by atoms with Gasteiger partial charge in [0.25, 0.3) is 0 Å². The van der Waals surface area contributed by atoms with Crippen molar-refractivity contribution in [3.63, 3.8) is 0 Å². The number of aryl methyl sites for hydroxylation is 1. The van der Waals surface area contributed by atoms with Crippen molar-refractivity contribution in [2.45, 2.75) is 13.5 Å². The highest BCUT2D eigenvalue weighted by atomic mass is 79.9. The van der Waals surface area contributed by atoms with Crippen LogP contribution in [0.4, 0.5) is 5.69 Å². The van der Waals surface area contributed by atoms with Gasteiger partial charge in [-0.2, -0.15) is 9.40 Å². The van der Waals surface area contributed by atoms with Crippen molar-refractivity contribution in [1.29, 1.82) is 0 Å². The van der Waals surface area contributed by atoms with E-state index in [-0.39, 0.29) is 6.61 Å². The summed E-state index contributed by atoms with van der Waals surface area (Å²) in [6, 6.07) is 7.74. The summed E-state index contributed by atoms with van der Waals surface area (Å²) in [6.07, 6.45) is 1.25. The molecule has 1 aliphatic heterocycles. The molecule has 2 aromatic rings. The highest BCUT2D eigenvalue weighted by molar-refractivity contribution is 9.10. The number of carbonyl (C=O) groups is 1. The number of hydrogen-bond donors (Lipinski definition) is 1. The Balaban J connectivity index is 1.60. The minimum atomic E-state index is -3.13. The molecule has 1 fully saturated rings. The van der Waals surface area contributed by atoms with E-state index in [2.05, 4.69) is 21.0 Å². The summed E-state index contributed by atoms with van der Waals surface area (Å²) in [5.41, 5.74) is 2.05. The number of sulfonamides is 1. The number of halogens is 1. The molecule has 164 valence electrons. The summed E-state index contributed by atoms with van der Waals surface area (Å²) in [4.78, 5) is 13.3. The molecule has 1 aromatic heterocycles. The van der Waals surface area contributed by atoms with Gasteiger partial charge in [-0.3, -0.25) is 4.68 Å². The van der Waals surface area contributed by atoms with Gasteiger partial charge in [-0.05, 0) is 35.0 Å². The second kappa shape index (κ2) is 9.46. The molecule has 0 spiro atoms. The third-order valence-corrected chi connectivity index (χ3v) is 7.09. The highest BCUT2D eigenvalue weighted by Crippen LogP contribution is 2.24. The van der Waals surface area contributed by atoms with Gasteiger partial charge in [-0.25, -0.2) is 13.2 Å². The van der Waals surface area contributed by atoms with Crippen LogP contribution < -0.4 is 9.64 Å². The number of rotatable bonds is 7. The van der Waals surface area contributed by atoms with Gasteiger partial charge < -0.3 is 14.4 Å². The number of benzene rings is 1. The van der Waals surface area contributed by atoms with E-state index in [0.717, 1.165) is 18.8 Å². The lowest BCUT2D eigenvalue weighted by molar-refractivity contribution is -0.837. The lowest BCUT2D eigenvalue weighted by Gasteiger charge is -2.30. The number of aromatic nitrogens is 2. The predicted molar refractivity (Wildman–Crippen MR) is 114 cm³/mol. The maximum Gasteiger partial charge on any atom is 0.357 e. The molecule has 0 amide bonds. The molecule has 1 aromatic carbocycles. The third kappa shape index (κ3) is 5.20. The molecule has 1 N–H and O–H groups in total. The Morgan fingerprint density at radius 2 is 1.87 bits per heavy atom. The zero-order valence-electron chi connectivity index (χ0n) is 17.2. The van der Waals surface area contributed by atoms with Crippen molar-refractivity contribution in [3.05, 3.63) is 40.1 Å². The average Bonchev–Trinajstić information content (AvgIpc) is 2.99. The number of carbonyl (C=O) groups excluding carboxylic acids is 1. The number of hydrogen-bond acceptors (Lipinski definition) is 6. The van der Waals surface area contributed by atoms with Gasteiger partial charge in [0, 0.05) is 19.2 Å². The minimum absolute atomic E-state index is 0.201. The number of quaternary nitrogens is 1. The molecule has 11 heteroatoms. The minimum Gasteiger partial charge on any atom is -0.487 e. The Bertz CT molecular complexity index is 999. The van der Waals surface area contributed by atoms with E-state index in [4.69, 9.17) is 9.47 Å². The van der Waals surface area contributed by atoms with E-state index in [1.807, 2.05) is 24.3 Å². The van der Waals surface area contributed by atoms with E-state index < -0.39 is 16.0 Å². The predicted octanol–water partition coefficient (Wildman–Crippen LogP) is 0.730. The Kier molecular flexibility index (Phi) is 7.17. The normalized spacial score (nSPS) is 15.9. The zero-order chi connectivity index (χ0) is 21.9. The first-order chi connectivity index (χ1) is 14.2. The second-order valence-electron chi connectivity index (χ2n) is 7.03. The zero-order valence-corrected chi connectivity index (χ0v) is 19.6. The van der Waals surface area contributed by atoms with Crippen LogP contribution in [0.25, 0.3) is 0 Å². The van der Waals surface area contributed by atoms with Gasteiger partial charge in [0.05, 0.1) is 43.5 Å². The van der Waals surface area contributed by atoms with Crippen molar-refractivity contribution in [3.8, 4) is 5.75 Å². The van der Waals surface area contributed by atoms with E-state index >= 15 is 0 Å². The molecule has 9 nitrogen and oxygen atoms in total. The summed E-state index contributed by atoms with van der Waals surface area (Å²) in [6.45, 7) is 4.73. The molecule has 3 rings (SSSR count). The smallest absolute Gasteiger partial charge is 0.357 e. The highest BCUT2D eigenvalue weighted by Gasteiger charge is 2.27. The van der Waals surface area contributed by atoms with Crippen molar-refractivity contribution in [2.24, 2.45) is 7.05 Å². The van der Waals surface area contributed by atoms with E-state index in [1.54, 1.807) is 14.0 Å². The molecule has 1 saturated heterocycles. The van der Waals surface area contributed by atoms with Gasteiger partial charge >= 0.3 is 5.97 Å². The monoisotopic (exact) mass is 501 g/mol. The van der Waals surface area contributed by atoms with E-state index in [0.29, 0.717) is 41.3 Å². The molecule has 0 bridgehead atoms. The number of ether oxygens (including phenoxy) is 2. The van der Waals surface area contributed by atoms with Crippen molar-refractivity contribution in [2.75, 3.05) is 39.0 Å². The lowest BCUT2D eigenvalue weighted by atomic mass is 10.2. The van der Waals surface area contributed by atoms with Crippen LogP contribution in [-0.2, 0) is 28.4 Å². The second-order valence-corrected chi connectivity index (χ2v) is 9.81. The molecule has 0 radical (unpaired) electrons. The van der Waals surface area contributed by atoms with Crippen LogP contribution in [0.3, 0.4) is 0 Å². The number of nitrogens with zero attached hydrogens (tertiary/aromatic N) is 3. The molecule has 1 aliphatic rings. The van der Waals surface area contributed by atoms with Crippen LogP contribution in [0.5, 0.6) is 5.75 Å². The van der Waals surface area contributed by atoms with E-state index in [9.17, 15) is 13.2 Å². The Morgan fingerprint density at radius 3 is 2.43 bits per heavy atom. The van der Waals surface area contributed by atoms with Crippen molar-refractivity contribution >= 4 is 37.6 Å². The summed E-state index contributed by atoms with van der Waals surface area (Å²) in [5, 5.41) is 4.33. The molecule has 2 heterocycles. The Labute approximate surface area is 184 Å².